The van der Waals surface area contributed by atoms with E-state index in [2.05, 4.69) is 4.98 Å². The summed E-state index contributed by atoms with van der Waals surface area (Å²) in [7, 11) is 0. The molecular weight excluding hydrogens is 170 g/mol. The van der Waals surface area contributed by atoms with E-state index in [4.69, 9.17) is 8.83 Å². The Morgan fingerprint density at radius 2 is 2.31 bits per heavy atom. The lowest BCUT2D eigenvalue weighted by molar-refractivity contribution is 0.194. The van der Waals surface area contributed by atoms with E-state index in [1.165, 1.54) is 6.26 Å². The summed E-state index contributed by atoms with van der Waals surface area (Å²) >= 11 is 0. The van der Waals surface area contributed by atoms with Crippen molar-refractivity contribution >= 4 is 0 Å². The van der Waals surface area contributed by atoms with Crippen LogP contribution in [0.1, 0.15) is 18.7 Å². The molecule has 2 aromatic heterocycles. The zero-order chi connectivity index (χ0) is 9.26. The van der Waals surface area contributed by atoms with Gasteiger partial charge in [-0.2, -0.15) is 0 Å². The third-order valence-electron chi connectivity index (χ3n) is 1.68. The Bertz CT molecular complexity index is 375. The molecule has 2 rings (SSSR count). The number of aliphatic hydroxyl groups excluding tert-OH is 1. The Labute approximate surface area is 74.8 Å². The van der Waals surface area contributed by atoms with Gasteiger partial charge in [-0.3, -0.25) is 0 Å². The summed E-state index contributed by atoms with van der Waals surface area (Å²) in [6.45, 7) is 1.63. The number of oxazole rings is 1. The van der Waals surface area contributed by atoms with Crippen molar-refractivity contribution in [3.63, 3.8) is 0 Å². The fourth-order valence-electron chi connectivity index (χ4n) is 0.991. The maximum atomic E-state index is 9.18. The molecule has 2 heterocycles. The molecule has 0 amide bonds. The molecule has 0 bridgehead atoms. The minimum absolute atomic E-state index is 0.390. The Balaban J connectivity index is 2.33. The molecule has 0 saturated carbocycles. The molecule has 13 heavy (non-hydrogen) atoms. The first kappa shape index (κ1) is 8.07. The Morgan fingerprint density at radius 3 is 2.85 bits per heavy atom. The molecule has 0 aliphatic rings. The average molecular weight is 179 g/mol. The van der Waals surface area contributed by atoms with Gasteiger partial charge in [0.1, 0.15) is 12.0 Å². The molecule has 0 aliphatic heterocycles. The summed E-state index contributed by atoms with van der Waals surface area (Å²) < 4.78 is 10.2. The minimum Gasteiger partial charge on any atom is -0.459 e. The highest BCUT2D eigenvalue weighted by Gasteiger charge is 2.11. The fourth-order valence-corrected chi connectivity index (χ4v) is 0.991. The molecule has 1 atom stereocenters. The van der Waals surface area contributed by atoms with Crippen molar-refractivity contribution < 1.29 is 13.9 Å². The van der Waals surface area contributed by atoms with Crippen LogP contribution in [0, 0.1) is 0 Å². The van der Waals surface area contributed by atoms with Gasteiger partial charge in [-0.05, 0) is 19.1 Å². The number of aliphatic hydroxyl groups is 1. The van der Waals surface area contributed by atoms with E-state index in [1.807, 2.05) is 0 Å². The SMILES string of the molecule is CC(O)c1coc(-c2ccco2)n1. The van der Waals surface area contributed by atoms with Crippen LogP contribution in [0.15, 0.2) is 33.5 Å². The molecule has 0 fully saturated rings. The van der Waals surface area contributed by atoms with E-state index >= 15 is 0 Å². The second kappa shape index (κ2) is 3.06. The van der Waals surface area contributed by atoms with E-state index in [0.717, 1.165) is 0 Å². The largest absolute Gasteiger partial charge is 0.459 e. The summed E-state index contributed by atoms with van der Waals surface area (Å²) in [6.07, 6.45) is 2.34. The Hall–Kier alpha value is -1.55. The highest BCUT2D eigenvalue weighted by Crippen LogP contribution is 2.21. The van der Waals surface area contributed by atoms with Gasteiger partial charge in [0, 0.05) is 0 Å². The Kier molecular flexibility index (Phi) is 1.90. The van der Waals surface area contributed by atoms with Gasteiger partial charge in [0.15, 0.2) is 5.76 Å². The van der Waals surface area contributed by atoms with Crippen molar-refractivity contribution in [2.45, 2.75) is 13.0 Å². The lowest BCUT2D eigenvalue weighted by Crippen LogP contribution is -1.89. The van der Waals surface area contributed by atoms with Crippen LogP contribution in [0.4, 0.5) is 0 Å². The lowest BCUT2D eigenvalue weighted by atomic mass is 10.3. The molecule has 0 radical (unpaired) electrons. The van der Waals surface area contributed by atoms with Crippen molar-refractivity contribution in [1.29, 1.82) is 0 Å². The number of nitrogens with zero attached hydrogens (tertiary/aromatic N) is 1. The Morgan fingerprint density at radius 1 is 1.46 bits per heavy atom. The number of hydrogen-bond acceptors (Lipinski definition) is 4. The molecule has 68 valence electrons. The molecule has 1 N–H and O–H groups in total. The van der Waals surface area contributed by atoms with Gasteiger partial charge in [-0.25, -0.2) is 4.98 Å². The summed E-state index contributed by atoms with van der Waals surface area (Å²) in [5.41, 5.74) is 0.506. The van der Waals surface area contributed by atoms with Gasteiger partial charge in [-0.1, -0.05) is 0 Å². The van der Waals surface area contributed by atoms with Crippen LogP contribution in [0.2, 0.25) is 0 Å². The first-order valence-corrected chi connectivity index (χ1v) is 3.95. The van der Waals surface area contributed by atoms with E-state index in [0.29, 0.717) is 17.3 Å². The highest BCUT2D eigenvalue weighted by atomic mass is 16.4. The third-order valence-corrected chi connectivity index (χ3v) is 1.68. The predicted molar refractivity (Wildman–Crippen MR) is 44.8 cm³/mol. The van der Waals surface area contributed by atoms with Crippen molar-refractivity contribution in [3.8, 4) is 11.7 Å². The summed E-state index contributed by atoms with van der Waals surface area (Å²) in [5.74, 6) is 0.952. The summed E-state index contributed by atoms with van der Waals surface area (Å²) in [5, 5.41) is 9.18. The molecule has 1 unspecified atom stereocenters. The topological polar surface area (TPSA) is 59.4 Å². The predicted octanol–water partition coefficient (Wildman–Crippen LogP) is 1.99. The molecule has 0 spiro atoms. The molecule has 2 aromatic rings. The first-order chi connectivity index (χ1) is 6.27. The molecular formula is C9H9NO3. The van der Waals surface area contributed by atoms with E-state index in [1.54, 1.807) is 25.3 Å². The van der Waals surface area contributed by atoms with Gasteiger partial charge >= 0.3 is 0 Å². The monoisotopic (exact) mass is 179 g/mol. The van der Waals surface area contributed by atoms with Crippen LogP contribution in [0.25, 0.3) is 11.7 Å². The van der Waals surface area contributed by atoms with Crippen LogP contribution in [0.3, 0.4) is 0 Å². The number of rotatable bonds is 2. The van der Waals surface area contributed by atoms with Crippen LogP contribution >= 0.6 is 0 Å². The highest BCUT2D eigenvalue weighted by molar-refractivity contribution is 5.43. The lowest BCUT2D eigenvalue weighted by Gasteiger charge is -1.93. The average Bonchev–Trinajstić information content (AvgIpc) is 2.75. The van der Waals surface area contributed by atoms with Gasteiger partial charge in [-0.15, -0.1) is 0 Å². The van der Waals surface area contributed by atoms with E-state index < -0.39 is 6.10 Å². The van der Waals surface area contributed by atoms with Crippen LogP contribution < -0.4 is 0 Å². The minimum atomic E-state index is -0.618. The van der Waals surface area contributed by atoms with E-state index in [-0.39, 0.29) is 0 Å². The van der Waals surface area contributed by atoms with Crippen LogP contribution in [0.5, 0.6) is 0 Å². The molecule has 4 heteroatoms. The second-order valence-electron chi connectivity index (χ2n) is 2.73. The van der Waals surface area contributed by atoms with Gasteiger partial charge in [0.2, 0.25) is 0 Å². The summed E-state index contributed by atoms with van der Waals surface area (Å²) in [6, 6.07) is 3.50. The van der Waals surface area contributed by atoms with Crippen LogP contribution in [-0.4, -0.2) is 10.1 Å². The van der Waals surface area contributed by atoms with Crippen molar-refractivity contribution in [3.05, 3.63) is 30.4 Å². The number of furan rings is 1. The quantitative estimate of drug-likeness (QED) is 0.765. The van der Waals surface area contributed by atoms with Gasteiger partial charge in [0.25, 0.3) is 5.89 Å². The zero-order valence-electron chi connectivity index (χ0n) is 7.10. The molecule has 0 saturated heterocycles. The molecule has 4 nitrogen and oxygen atoms in total. The third kappa shape index (κ3) is 1.48. The molecule has 0 aliphatic carbocycles. The maximum Gasteiger partial charge on any atom is 0.263 e. The van der Waals surface area contributed by atoms with Gasteiger partial charge < -0.3 is 13.9 Å². The fraction of sp³-hybridized carbons (Fsp3) is 0.222. The molecule has 0 aromatic carbocycles. The van der Waals surface area contributed by atoms with Crippen molar-refractivity contribution in [2.75, 3.05) is 0 Å². The van der Waals surface area contributed by atoms with Crippen LogP contribution in [-0.2, 0) is 0 Å². The van der Waals surface area contributed by atoms with Gasteiger partial charge in [0.05, 0.1) is 12.4 Å². The van der Waals surface area contributed by atoms with Crippen molar-refractivity contribution in [1.82, 2.24) is 4.98 Å². The van der Waals surface area contributed by atoms with Crippen molar-refractivity contribution in [2.24, 2.45) is 0 Å². The normalized spacial score (nSPS) is 13.1. The summed E-state index contributed by atoms with van der Waals surface area (Å²) in [4.78, 5) is 4.04. The number of aromatic nitrogens is 1. The smallest absolute Gasteiger partial charge is 0.263 e. The van der Waals surface area contributed by atoms with E-state index in [9.17, 15) is 5.11 Å². The number of hydrogen-bond donors (Lipinski definition) is 1. The zero-order valence-corrected chi connectivity index (χ0v) is 7.10. The standard InChI is InChI=1S/C9H9NO3/c1-6(11)7-5-13-9(10-7)8-3-2-4-12-8/h2-6,11H,1H3. The second-order valence-corrected chi connectivity index (χ2v) is 2.73. The maximum absolute atomic E-state index is 9.18. The first-order valence-electron chi connectivity index (χ1n) is 3.95.